The maximum atomic E-state index is 12.6. The molecule has 1 aromatic carbocycles. The van der Waals surface area contributed by atoms with Gasteiger partial charge in [-0.2, -0.15) is 0 Å². The number of aromatic nitrogens is 3. The second kappa shape index (κ2) is 6.50. The van der Waals surface area contributed by atoms with Crippen molar-refractivity contribution in [3.8, 4) is 5.69 Å². The lowest BCUT2D eigenvalue weighted by Gasteiger charge is -2.40. The highest BCUT2D eigenvalue weighted by Crippen LogP contribution is 2.34. The molecule has 1 aliphatic heterocycles. The highest BCUT2D eigenvalue weighted by molar-refractivity contribution is 5.94. The van der Waals surface area contributed by atoms with Gasteiger partial charge in [-0.3, -0.25) is 4.79 Å². The molecule has 23 heavy (non-hydrogen) atoms. The number of aliphatic hydroxyl groups is 1. The van der Waals surface area contributed by atoms with Gasteiger partial charge in [0.2, 0.25) is 0 Å². The van der Waals surface area contributed by atoms with Gasteiger partial charge >= 0.3 is 0 Å². The average Bonchev–Trinajstić information content (AvgIpc) is 3.16. The zero-order chi connectivity index (χ0) is 16.3. The van der Waals surface area contributed by atoms with Crippen LogP contribution in [0.15, 0.2) is 36.7 Å². The Morgan fingerprint density at radius 1 is 1.26 bits per heavy atom. The zero-order valence-corrected chi connectivity index (χ0v) is 13.4. The highest BCUT2D eigenvalue weighted by atomic mass is 16.3. The summed E-state index contributed by atoms with van der Waals surface area (Å²) >= 11 is 0. The number of carbonyl (C=O) groups is 1. The lowest BCUT2D eigenvalue weighted by atomic mass is 9.77. The predicted molar refractivity (Wildman–Crippen MR) is 86.3 cm³/mol. The fourth-order valence-corrected chi connectivity index (χ4v) is 3.09. The summed E-state index contributed by atoms with van der Waals surface area (Å²) in [4.78, 5) is 14.5. The number of hydrogen-bond donors (Lipinski definition) is 1. The van der Waals surface area contributed by atoms with Gasteiger partial charge in [-0.15, -0.1) is 5.10 Å². The fourth-order valence-electron chi connectivity index (χ4n) is 3.09. The monoisotopic (exact) mass is 314 g/mol. The maximum Gasteiger partial charge on any atom is 0.253 e. The van der Waals surface area contributed by atoms with Crippen LogP contribution in [0.25, 0.3) is 5.69 Å². The standard InChI is InChI=1S/C17H22N4O2/c1-2-17(13-22)7-10-20(11-8-17)16(23)14-3-5-15(6-4-14)21-12-9-18-19-21/h3-6,9,12,22H,2,7-8,10-11,13H2,1H3. The number of rotatable bonds is 4. The van der Waals surface area contributed by atoms with Gasteiger partial charge in [0.1, 0.15) is 0 Å². The van der Waals surface area contributed by atoms with E-state index in [9.17, 15) is 9.90 Å². The summed E-state index contributed by atoms with van der Waals surface area (Å²) in [5.41, 5.74) is 1.55. The van der Waals surface area contributed by atoms with E-state index in [0.29, 0.717) is 18.7 Å². The summed E-state index contributed by atoms with van der Waals surface area (Å²) in [6.45, 7) is 3.73. The van der Waals surface area contributed by atoms with Gasteiger partial charge in [-0.05, 0) is 48.9 Å². The summed E-state index contributed by atoms with van der Waals surface area (Å²) in [5.74, 6) is 0.0535. The Morgan fingerprint density at radius 3 is 2.48 bits per heavy atom. The fraction of sp³-hybridized carbons (Fsp3) is 0.471. The van der Waals surface area contributed by atoms with Gasteiger partial charge in [0.25, 0.3) is 5.91 Å². The molecule has 0 aliphatic carbocycles. The molecule has 0 radical (unpaired) electrons. The average molecular weight is 314 g/mol. The van der Waals surface area contributed by atoms with Gasteiger partial charge in [0.15, 0.2) is 0 Å². The van der Waals surface area contributed by atoms with E-state index in [-0.39, 0.29) is 17.9 Å². The quantitative estimate of drug-likeness (QED) is 0.935. The smallest absolute Gasteiger partial charge is 0.253 e. The van der Waals surface area contributed by atoms with Crippen molar-refractivity contribution in [1.29, 1.82) is 0 Å². The first-order chi connectivity index (χ1) is 11.2. The molecule has 122 valence electrons. The van der Waals surface area contributed by atoms with Crippen molar-refractivity contribution < 1.29 is 9.90 Å². The number of carbonyl (C=O) groups excluding carboxylic acids is 1. The first-order valence-corrected chi connectivity index (χ1v) is 8.04. The van der Waals surface area contributed by atoms with E-state index in [1.807, 2.05) is 29.2 Å². The van der Waals surface area contributed by atoms with Crippen molar-refractivity contribution in [2.24, 2.45) is 5.41 Å². The number of hydrogen-bond acceptors (Lipinski definition) is 4. The Morgan fingerprint density at radius 2 is 1.96 bits per heavy atom. The molecule has 2 heterocycles. The number of nitrogens with zero attached hydrogens (tertiary/aromatic N) is 4. The predicted octanol–water partition coefficient (Wildman–Crippen LogP) is 1.89. The van der Waals surface area contributed by atoms with E-state index in [4.69, 9.17) is 0 Å². The van der Waals surface area contributed by atoms with Crippen LogP contribution in [0.1, 0.15) is 36.5 Å². The second-order valence-electron chi connectivity index (χ2n) is 6.20. The van der Waals surface area contributed by atoms with E-state index in [2.05, 4.69) is 17.2 Å². The second-order valence-corrected chi connectivity index (χ2v) is 6.20. The topological polar surface area (TPSA) is 71.2 Å². The van der Waals surface area contributed by atoms with E-state index < -0.39 is 0 Å². The van der Waals surface area contributed by atoms with Crippen LogP contribution in [0.2, 0.25) is 0 Å². The normalized spacial score (nSPS) is 17.2. The molecule has 0 saturated carbocycles. The first kappa shape index (κ1) is 15.7. The number of piperidine rings is 1. The Hall–Kier alpha value is -2.21. The van der Waals surface area contributed by atoms with Crippen molar-refractivity contribution >= 4 is 5.91 Å². The summed E-state index contributed by atoms with van der Waals surface area (Å²) < 4.78 is 1.66. The van der Waals surface area contributed by atoms with Crippen LogP contribution in [-0.2, 0) is 0 Å². The molecule has 0 spiro atoms. The van der Waals surface area contributed by atoms with Gasteiger partial charge in [-0.1, -0.05) is 12.1 Å². The number of aliphatic hydroxyl groups excluding tert-OH is 1. The maximum absolute atomic E-state index is 12.6. The van der Waals surface area contributed by atoms with Gasteiger partial charge in [0.05, 0.1) is 18.1 Å². The third-order valence-electron chi connectivity index (χ3n) is 5.00. The molecule has 1 aliphatic rings. The van der Waals surface area contributed by atoms with Gasteiger partial charge in [0, 0.05) is 25.3 Å². The van der Waals surface area contributed by atoms with Crippen LogP contribution in [0.5, 0.6) is 0 Å². The van der Waals surface area contributed by atoms with Crippen LogP contribution in [0.4, 0.5) is 0 Å². The molecule has 1 fully saturated rings. The van der Waals surface area contributed by atoms with Crippen molar-refractivity contribution in [3.05, 3.63) is 42.2 Å². The van der Waals surface area contributed by atoms with Crippen LogP contribution >= 0.6 is 0 Å². The van der Waals surface area contributed by atoms with Crippen LogP contribution in [0.3, 0.4) is 0 Å². The molecule has 1 N–H and O–H groups in total. The van der Waals surface area contributed by atoms with Crippen LogP contribution in [0, 0.1) is 5.41 Å². The van der Waals surface area contributed by atoms with Crippen molar-refractivity contribution in [2.45, 2.75) is 26.2 Å². The molecule has 1 aromatic heterocycles. The summed E-state index contributed by atoms with van der Waals surface area (Å²) in [6.07, 6.45) is 6.07. The minimum atomic E-state index is -0.00622. The molecule has 1 saturated heterocycles. The van der Waals surface area contributed by atoms with E-state index in [1.54, 1.807) is 17.1 Å². The third kappa shape index (κ3) is 3.12. The lowest BCUT2D eigenvalue weighted by molar-refractivity contribution is 0.0338. The minimum Gasteiger partial charge on any atom is -0.396 e. The van der Waals surface area contributed by atoms with Crippen molar-refractivity contribution in [3.63, 3.8) is 0 Å². The number of amides is 1. The Balaban J connectivity index is 1.67. The highest BCUT2D eigenvalue weighted by Gasteiger charge is 2.34. The molecule has 0 bridgehead atoms. The van der Waals surface area contributed by atoms with Crippen molar-refractivity contribution in [1.82, 2.24) is 19.9 Å². The SMILES string of the molecule is CCC1(CO)CCN(C(=O)c2ccc(-n3ccnn3)cc2)CC1. The van der Waals surface area contributed by atoms with E-state index in [1.165, 1.54) is 0 Å². The molecule has 6 heteroatoms. The molecule has 6 nitrogen and oxygen atoms in total. The molecule has 2 aromatic rings. The molecular formula is C17H22N4O2. The van der Waals surface area contributed by atoms with Gasteiger partial charge < -0.3 is 10.0 Å². The van der Waals surface area contributed by atoms with E-state index >= 15 is 0 Å². The number of benzene rings is 1. The van der Waals surface area contributed by atoms with Gasteiger partial charge in [-0.25, -0.2) is 4.68 Å². The number of likely N-dealkylation sites (tertiary alicyclic amines) is 1. The first-order valence-electron chi connectivity index (χ1n) is 8.04. The Kier molecular flexibility index (Phi) is 4.43. The molecular weight excluding hydrogens is 292 g/mol. The Labute approximate surface area is 135 Å². The van der Waals surface area contributed by atoms with Crippen LogP contribution < -0.4 is 0 Å². The summed E-state index contributed by atoms with van der Waals surface area (Å²) in [7, 11) is 0. The summed E-state index contributed by atoms with van der Waals surface area (Å²) in [5, 5.41) is 17.3. The molecule has 0 unspecified atom stereocenters. The largest absolute Gasteiger partial charge is 0.396 e. The minimum absolute atomic E-state index is 0.00622. The lowest BCUT2D eigenvalue weighted by Crippen LogP contribution is -2.44. The Bertz CT molecular complexity index is 638. The molecule has 0 atom stereocenters. The molecule has 3 rings (SSSR count). The summed E-state index contributed by atoms with van der Waals surface area (Å²) in [6, 6.07) is 7.39. The van der Waals surface area contributed by atoms with E-state index in [0.717, 1.165) is 24.9 Å². The zero-order valence-electron chi connectivity index (χ0n) is 13.4. The molecule has 1 amide bonds. The van der Waals surface area contributed by atoms with Crippen LogP contribution in [-0.4, -0.2) is 50.6 Å². The third-order valence-corrected chi connectivity index (χ3v) is 5.00. The van der Waals surface area contributed by atoms with Crippen molar-refractivity contribution in [2.75, 3.05) is 19.7 Å².